The molecule has 0 unspecified atom stereocenters. The van der Waals surface area contributed by atoms with Crippen LogP contribution < -0.4 is 0 Å². The van der Waals surface area contributed by atoms with Gasteiger partial charge in [0.2, 0.25) is 5.91 Å². The lowest BCUT2D eigenvalue weighted by Gasteiger charge is -2.31. The van der Waals surface area contributed by atoms with Crippen LogP contribution in [-0.4, -0.2) is 63.0 Å². The average Bonchev–Trinajstić information content (AvgIpc) is 2.68. The lowest BCUT2D eigenvalue weighted by Crippen LogP contribution is -2.44. The predicted octanol–water partition coefficient (Wildman–Crippen LogP) is 0.0376. The van der Waals surface area contributed by atoms with Crippen molar-refractivity contribution in [1.82, 2.24) is 4.90 Å². The van der Waals surface area contributed by atoms with Crippen molar-refractivity contribution in [3.8, 4) is 0 Å². The summed E-state index contributed by atoms with van der Waals surface area (Å²) < 4.78 is 16.0. The van der Waals surface area contributed by atoms with Gasteiger partial charge in [0.15, 0.2) is 0 Å². The van der Waals surface area contributed by atoms with Crippen molar-refractivity contribution in [2.24, 2.45) is 0 Å². The number of ether oxygens (including phenoxy) is 3. The monoisotopic (exact) mass is 229 g/mol. The molecule has 5 nitrogen and oxygen atoms in total. The largest absolute Gasteiger partial charge is 0.377 e. The third kappa shape index (κ3) is 2.07. The number of fused-ring (bicyclic) bond motifs is 1. The highest BCUT2D eigenvalue weighted by Crippen LogP contribution is 2.30. The summed E-state index contributed by atoms with van der Waals surface area (Å²) in [4.78, 5) is 13.7. The van der Waals surface area contributed by atoms with Crippen LogP contribution in [0.1, 0.15) is 12.8 Å². The van der Waals surface area contributed by atoms with Gasteiger partial charge in [-0.05, 0) is 12.8 Å². The summed E-state index contributed by atoms with van der Waals surface area (Å²) in [7, 11) is 3.21. The minimum absolute atomic E-state index is 0.00565. The SMILES string of the molecule is COCC(=O)N1C[C@H](OC)[C@H]2OCCC[C@H]21. The maximum Gasteiger partial charge on any atom is 0.248 e. The Kier molecular flexibility index (Phi) is 3.78. The molecule has 2 fully saturated rings. The lowest BCUT2D eigenvalue weighted by atomic mass is 10.0. The molecule has 0 bridgehead atoms. The van der Waals surface area contributed by atoms with Gasteiger partial charge in [0.25, 0.3) is 0 Å². The normalized spacial score (nSPS) is 33.9. The molecule has 2 saturated heterocycles. The van der Waals surface area contributed by atoms with E-state index in [-0.39, 0.29) is 30.8 Å². The second kappa shape index (κ2) is 5.12. The first-order valence-electron chi connectivity index (χ1n) is 5.70. The van der Waals surface area contributed by atoms with E-state index in [1.54, 1.807) is 7.11 Å². The van der Waals surface area contributed by atoms with Crippen LogP contribution in [0.15, 0.2) is 0 Å². The Morgan fingerprint density at radius 3 is 3.00 bits per heavy atom. The van der Waals surface area contributed by atoms with Crippen LogP contribution in [0, 0.1) is 0 Å². The van der Waals surface area contributed by atoms with Crippen LogP contribution in [0.5, 0.6) is 0 Å². The van der Waals surface area contributed by atoms with Gasteiger partial charge in [-0.2, -0.15) is 0 Å². The van der Waals surface area contributed by atoms with Crippen LogP contribution in [-0.2, 0) is 19.0 Å². The molecule has 2 aliphatic rings. The zero-order valence-electron chi connectivity index (χ0n) is 9.85. The Balaban J connectivity index is 2.06. The first kappa shape index (κ1) is 11.8. The molecule has 3 atom stereocenters. The molecule has 0 aromatic rings. The summed E-state index contributed by atoms with van der Waals surface area (Å²) in [5.41, 5.74) is 0. The average molecular weight is 229 g/mol. The number of methoxy groups -OCH3 is 2. The highest BCUT2D eigenvalue weighted by molar-refractivity contribution is 5.78. The van der Waals surface area contributed by atoms with Gasteiger partial charge in [-0.1, -0.05) is 0 Å². The third-order valence-electron chi connectivity index (χ3n) is 3.37. The molecule has 0 aromatic heterocycles. The first-order chi connectivity index (χ1) is 7.77. The van der Waals surface area contributed by atoms with Crippen molar-refractivity contribution in [2.45, 2.75) is 31.1 Å². The standard InChI is InChI=1S/C11H19NO4/c1-14-7-10(13)12-6-9(15-2)11-8(12)4-3-5-16-11/h8-9,11H,3-7H2,1-2H3/t8-,9+,11+/m1/s1. The van der Waals surface area contributed by atoms with Gasteiger partial charge in [-0.3, -0.25) is 4.79 Å². The van der Waals surface area contributed by atoms with Crippen LogP contribution in [0.2, 0.25) is 0 Å². The minimum Gasteiger partial charge on any atom is -0.377 e. The molecule has 0 N–H and O–H groups in total. The molecular weight excluding hydrogens is 210 g/mol. The summed E-state index contributed by atoms with van der Waals surface area (Å²) in [6, 6.07) is 0.168. The third-order valence-corrected chi connectivity index (χ3v) is 3.37. The van der Waals surface area contributed by atoms with Crippen molar-refractivity contribution >= 4 is 5.91 Å². The number of nitrogens with zero attached hydrogens (tertiary/aromatic N) is 1. The van der Waals surface area contributed by atoms with E-state index in [9.17, 15) is 4.79 Å². The topological polar surface area (TPSA) is 48.0 Å². The van der Waals surface area contributed by atoms with E-state index in [2.05, 4.69) is 0 Å². The molecule has 2 aliphatic heterocycles. The minimum atomic E-state index is 0.00565. The number of hydrogen-bond acceptors (Lipinski definition) is 4. The summed E-state index contributed by atoms with van der Waals surface area (Å²) >= 11 is 0. The molecule has 2 rings (SSSR count). The van der Waals surface area contributed by atoms with Gasteiger partial charge in [-0.15, -0.1) is 0 Å². The fourth-order valence-electron chi connectivity index (χ4n) is 2.61. The molecule has 0 radical (unpaired) electrons. The molecule has 16 heavy (non-hydrogen) atoms. The number of hydrogen-bond donors (Lipinski definition) is 0. The fraction of sp³-hybridized carbons (Fsp3) is 0.909. The highest BCUT2D eigenvalue weighted by atomic mass is 16.5. The molecule has 2 heterocycles. The van der Waals surface area contributed by atoms with Crippen LogP contribution in [0.3, 0.4) is 0 Å². The second-order valence-corrected chi connectivity index (χ2v) is 4.30. The summed E-state index contributed by atoms with van der Waals surface area (Å²) in [5, 5.41) is 0. The van der Waals surface area contributed by atoms with E-state index in [0.717, 1.165) is 19.4 Å². The van der Waals surface area contributed by atoms with Crippen LogP contribution in [0.4, 0.5) is 0 Å². The van der Waals surface area contributed by atoms with Crippen molar-refractivity contribution in [2.75, 3.05) is 34.0 Å². The molecule has 0 saturated carbocycles. The van der Waals surface area contributed by atoms with Crippen LogP contribution >= 0.6 is 0 Å². The smallest absolute Gasteiger partial charge is 0.248 e. The van der Waals surface area contributed by atoms with Gasteiger partial charge in [0.05, 0.1) is 6.04 Å². The number of carbonyl (C=O) groups excluding carboxylic acids is 1. The van der Waals surface area contributed by atoms with Crippen molar-refractivity contribution in [3.05, 3.63) is 0 Å². The maximum absolute atomic E-state index is 11.9. The Hall–Kier alpha value is -0.650. The Morgan fingerprint density at radius 1 is 1.50 bits per heavy atom. The molecule has 92 valence electrons. The Morgan fingerprint density at radius 2 is 2.31 bits per heavy atom. The number of rotatable bonds is 3. The van der Waals surface area contributed by atoms with E-state index >= 15 is 0 Å². The summed E-state index contributed by atoms with van der Waals surface area (Å²) in [6.07, 6.45) is 2.06. The van der Waals surface area contributed by atoms with Gasteiger partial charge < -0.3 is 19.1 Å². The Labute approximate surface area is 95.6 Å². The molecule has 1 amide bonds. The van der Waals surface area contributed by atoms with Gasteiger partial charge in [0.1, 0.15) is 18.8 Å². The number of likely N-dealkylation sites (tertiary alicyclic amines) is 1. The summed E-state index contributed by atoms with van der Waals surface area (Å²) in [5.74, 6) is 0.0301. The molecule has 0 spiro atoms. The maximum atomic E-state index is 11.9. The van der Waals surface area contributed by atoms with Gasteiger partial charge in [-0.25, -0.2) is 0 Å². The zero-order chi connectivity index (χ0) is 11.5. The van der Waals surface area contributed by atoms with E-state index in [4.69, 9.17) is 14.2 Å². The quantitative estimate of drug-likeness (QED) is 0.685. The van der Waals surface area contributed by atoms with E-state index in [0.29, 0.717) is 6.54 Å². The fourth-order valence-corrected chi connectivity index (χ4v) is 2.61. The first-order valence-corrected chi connectivity index (χ1v) is 5.70. The van der Waals surface area contributed by atoms with Crippen molar-refractivity contribution < 1.29 is 19.0 Å². The predicted molar refractivity (Wildman–Crippen MR) is 57.1 cm³/mol. The molecule has 5 heteroatoms. The highest BCUT2D eigenvalue weighted by Gasteiger charge is 2.45. The Bertz CT molecular complexity index is 258. The van der Waals surface area contributed by atoms with Gasteiger partial charge in [0, 0.05) is 27.4 Å². The number of carbonyl (C=O) groups is 1. The number of amides is 1. The van der Waals surface area contributed by atoms with Crippen molar-refractivity contribution in [1.29, 1.82) is 0 Å². The van der Waals surface area contributed by atoms with Crippen molar-refractivity contribution in [3.63, 3.8) is 0 Å². The molecule has 0 aromatic carbocycles. The second-order valence-electron chi connectivity index (χ2n) is 4.30. The van der Waals surface area contributed by atoms with Crippen LogP contribution in [0.25, 0.3) is 0 Å². The van der Waals surface area contributed by atoms with E-state index < -0.39 is 0 Å². The van der Waals surface area contributed by atoms with E-state index in [1.807, 2.05) is 4.90 Å². The zero-order valence-corrected chi connectivity index (χ0v) is 9.85. The lowest BCUT2D eigenvalue weighted by molar-refractivity contribution is -0.138. The molecular formula is C11H19NO4. The van der Waals surface area contributed by atoms with E-state index in [1.165, 1.54) is 7.11 Å². The summed E-state index contributed by atoms with van der Waals surface area (Å²) in [6.45, 7) is 1.53. The molecule has 0 aliphatic carbocycles. The van der Waals surface area contributed by atoms with Gasteiger partial charge >= 0.3 is 0 Å².